The van der Waals surface area contributed by atoms with Gasteiger partial charge in [0.2, 0.25) is 5.13 Å². The molecule has 4 N–H and O–H groups in total. The number of amides is 2. The Morgan fingerprint density at radius 3 is 1.68 bits per heavy atom. The van der Waals surface area contributed by atoms with Crippen molar-refractivity contribution < 1.29 is 33.2 Å². The summed E-state index contributed by atoms with van der Waals surface area (Å²) in [6.07, 6.45) is 5.56. The van der Waals surface area contributed by atoms with Gasteiger partial charge in [0.15, 0.2) is 23.0 Å². The van der Waals surface area contributed by atoms with E-state index in [4.69, 9.17) is 57.4 Å². The first-order valence-electron chi connectivity index (χ1n) is 17.3. The van der Waals surface area contributed by atoms with Crippen LogP contribution in [0.25, 0.3) is 21.8 Å². The molecule has 7 aromatic rings. The number of anilines is 3. The molecule has 1 saturated carbocycles. The van der Waals surface area contributed by atoms with E-state index in [0.29, 0.717) is 84.0 Å². The minimum atomic E-state index is -0.426. The molecule has 4 aromatic carbocycles. The van der Waals surface area contributed by atoms with Crippen molar-refractivity contribution in [3.63, 3.8) is 0 Å². The summed E-state index contributed by atoms with van der Waals surface area (Å²) < 4.78 is 33.4. The number of methoxy groups -OCH3 is 4. The Kier molecular flexibility index (Phi) is 11.8. The van der Waals surface area contributed by atoms with Gasteiger partial charge in [0.1, 0.15) is 28.0 Å². The number of nitrogens with zero attached hydrogens (tertiary/aromatic N) is 4. The molecule has 0 atom stereocenters. The highest BCUT2D eigenvalue weighted by Crippen LogP contribution is 2.43. The number of benzene rings is 4. The second-order valence-electron chi connectivity index (χ2n) is 12.4. The highest BCUT2D eigenvalue weighted by molar-refractivity contribution is 7.15. The van der Waals surface area contributed by atoms with Crippen LogP contribution in [0, 0.1) is 0 Å². The second kappa shape index (κ2) is 17.2. The largest absolute Gasteiger partial charge is 0.493 e. The van der Waals surface area contributed by atoms with Crippen LogP contribution in [0.2, 0.25) is 10.0 Å². The number of carbonyl (C=O) groups excluding carboxylic acids is 1. The summed E-state index contributed by atoms with van der Waals surface area (Å²) in [4.78, 5) is 21.0. The van der Waals surface area contributed by atoms with Crippen molar-refractivity contribution in [2.24, 2.45) is 0 Å². The predicted molar refractivity (Wildman–Crippen MR) is 222 cm³/mol. The Morgan fingerprint density at radius 1 is 0.649 bits per heavy atom. The first-order valence-corrected chi connectivity index (χ1v) is 18.9. The molecule has 1 aliphatic carbocycles. The van der Waals surface area contributed by atoms with Gasteiger partial charge in [-0.3, -0.25) is 15.3 Å². The monoisotopic (exact) mass is 827 g/mol. The number of pyridine rings is 2. The lowest BCUT2D eigenvalue weighted by atomic mass is 10.2. The molecule has 3 heterocycles. The predicted octanol–water partition coefficient (Wildman–Crippen LogP) is 10.4. The molecule has 0 unspecified atom stereocenters. The van der Waals surface area contributed by atoms with E-state index in [9.17, 15) is 4.79 Å². The van der Waals surface area contributed by atoms with E-state index in [1.54, 1.807) is 108 Å². The van der Waals surface area contributed by atoms with Gasteiger partial charge in [-0.2, -0.15) is 0 Å². The third-order valence-electron chi connectivity index (χ3n) is 8.59. The molecule has 0 aliphatic heterocycles. The summed E-state index contributed by atoms with van der Waals surface area (Å²) in [6, 6.07) is 20.4. The number of urea groups is 1. The van der Waals surface area contributed by atoms with E-state index >= 15 is 0 Å². The maximum atomic E-state index is 12.3. The van der Waals surface area contributed by atoms with Crippen LogP contribution in [0.1, 0.15) is 23.8 Å². The average Bonchev–Trinajstić information content (AvgIpc) is 3.97. The van der Waals surface area contributed by atoms with E-state index in [0.717, 1.165) is 34.1 Å². The van der Waals surface area contributed by atoms with Gasteiger partial charge in [0, 0.05) is 52.6 Å². The Hall–Kier alpha value is -6.29. The third-order valence-corrected chi connectivity index (χ3v) is 10.2. The van der Waals surface area contributed by atoms with Crippen molar-refractivity contribution in [2.75, 3.05) is 44.8 Å². The van der Waals surface area contributed by atoms with Crippen molar-refractivity contribution in [3.8, 4) is 46.0 Å². The molecule has 14 nitrogen and oxygen atoms in total. The smallest absolute Gasteiger partial charge is 0.325 e. The molecular weight excluding hydrogens is 793 g/mol. The van der Waals surface area contributed by atoms with Gasteiger partial charge in [0.25, 0.3) is 0 Å². The Balaban J connectivity index is 0.000000188. The lowest BCUT2D eigenvalue weighted by molar-refractivity contribution is 0.262. The topological polar surface area (TPSA) is 174 Å². The molecule has 1 fully saturated rings. The fourth-order valence-corrected chi connectivity index (χ4v) is 6.97. The zero-order valence-electron chi connectivity index (χ0n) is 31.0. The van der Waals surface area contributed by atoms with Crippen molar-refractivity contribution >= 4 is 78.9 Å². The summed E-state index contributed by atoms with van der Waals surface area (Å²) in [5, 5.41) is 17.3. The van der Waals surface area contributed by atoms with E-state index in [2.05, 4.69) is 30.8 Å². The Labute approximate surface area is 340 Å². The number of hydrogen-bond donors (Lipinski definition) is 3. The van der Waals surface area contributed by atoms with Gasteiger partial charge >= 0.3 is 6.03 Å². The summed E-state index contributed by atoms with van der Waals surface area (Å²) in [5.74, 6) is 4.93. The van der Waals surface area contributed by atoms with E-state index in [1.165, 1.54) is 11.3 Å². The van der Waals surface area contributed by atoms with Crippen LogP contribution >= 0.6 is 34.5 Å². The van der Waals surface area contributed by atoms with Gasteiger partial charge < -0.3 is 39.5 Å². The highest BCUT2D eigenvalue weighted by Gasteiger charge is 2.28. The van der Waals surface area contributed by atoms with E-state index in [-0.39, 0.29) is 0 Å². The number of nitrogens with one attached hydrogen (secondary N) is 2. The standard InChI is InChI=1S/C23H20ClN5O4S.C17H15ClN2O3/c1-31-19-10-14-16(11-20(19)32-2)25-8-7-17(14)33-18-6-5-13(9-15(18)24)26-22(30)27-23-29-28-21(34-23)12-3-4-12;1-21-16-8-11-13(9-17(16)22-2)20-6-5-14(11)23-15-4-3-10(19)7-12(15)18/h5-12H,3-4H2,1-2H3,(H2,26,27,29,30);3-9H,19H2,1-2H3. The number of rotatable bonds is 11. The van der Waals surface area contributed by atoms with Gasteiger partial charge in [-0.1, -0.05) is 34.5 Å². The molecule has 17 heteroatoms. The van der Waals surface area contributed by atoms with Gasteiger partial charge in [-0.05, 0) is 73.5 Å². The number of fused-ring (bicyclic) bond motifs is 2. The van der Waals surface area contributed by atoms with Gasteiger partial charge in [0.05, 0.1) is 49.5 Å². The molecular formula is C40H35Cl2N7O7S. The number of nitrogens with two attached hydrogens (primary N) is 1. The second-order valence-corrected chi connectivity index (χ2v) is 14.2. The zero-order chi connectivity index (χ0) is 40.1. The molecule has 0 radical (unpaired) electrons. The first-order chi connectivity index (χ1) is 27.7. The fraction of sp³-hybridized carbons (Fsp3) is 0.175. The molecule has 0 saturated heterocycles. The molecule has 0 bridgehead atoms. The number of nitrogen functional groups attached to an aromatic ring is 1. The number of aromatic nitrogens is 4. The van der Waals surface area contributed by atoms with Crippen molar-refractivity contribution in [2.45, 2.75) is 18.8 Å². The van der Waals surface area contributed by atoms with Crippen LogP contribution < -0.4 is 44.8 Å². The lowest BCUT2D eigenvalue weighted by Gasteiger charge is -2.13. The van der Waals surface area contributed by atoms with Crippen molar-refractivity contribution in [1.29, 1.82) is 0 Å². The maximum Gasteiger partial charge on any atom is 0.325 e. The number of carbonyl (C=O) groups is 1. The van der Waals surface area contributed by atoms with Crippen LogP contribution in [0.3, 0.4) is 0 Å². The summed E-state index contributed by atoms with van der Waals surface area (Å²) in [6.45, 7) is 0. The quantitative estimate of drug-likeness (QED) is 0.105. The molecule has 8 rings (SSSR count). The number of ether oxygens (including phenoxy) is 6. The van der Waals surface area contributed by atoms with Crippen molar-refractivity contribution in [3.05, 3.63) is 100 Å². The third kappa shape index (κ3) is 9.07. The zero-order valence-corrected chi connectivity index (χ0v) is 33.3. The first kappa shape index (κ1) is 39.0. The molecule has 292 valence electrons. The maximum absolute atomic E-state index is 12.3. The Morgan fingerprint density at radius 2 is 1.18 bits per heavy atom. The molecule has 3 aromatic heterocycles. The molecule has 57 heavy (non-hydrogen) atoms. The van der Waals surface area contributed by atoms with Crippen LogP contribution in [-0.2, 0) is 0 Å². The van der Waals surface area contributed by atoms with Gasteiger partial charge in [-0.25, -0.2) is 4.79 Å². The number of hydrogen-bond acceptors (Lipinski definition) is 13. The van der Waals surface area contributed by atoms with Gasteiger partial charge in [-0.15, -0.1) is 10.2 Å². The Bertz CT molecular complexity index is 2590. The lowest BCUT2D eigenvalue weighted by Crippen LogP contribution is -2.19. The summed E-state index contributed by atoms with van der Waals surface area (Å²) in [5.41, 5.74) is 8.20. The average molecular weight is 829 g/mol. The van der Waals surface area contributed by atoms with Crippen LogP contribution in [0.4, 0.5) is 21.3 Å². The molecule has 0 spiro atoms. The van der Waals surface area contributed by atoms with E-state index in [1.807, 2.05) is 6.07 Å². The molecule has 1 aliphatic rings. The van der Waals surface area contributed by atoms with Crippen molar-refractivity contribution in [1.82, 2.24) is 20.2 Å². The summed E-state index contributed by atoms with van der Waals surface area (Å²) >= 11 is 14.0. The van der Waals surface area contributed by atoms with E-state index < -0.39 is 6.03 Å². The van der Waals surface area contributed by atoms with Crippen LogP contribution in [0.5, 0.6) is 46.0 Å². The number of halogens is 2. The minimum absolute atomic E-state index is 0.329. The highest BCUT2D eigenvalue weighted by atomic mass is 35.5. The van der Waals surface area contributed by atoms with Crippen LogP contribution in [-0.4, -0.2) is 54.6 Å². The van der Waals surface area contributed by atoms with Crippen LogP contribution in [0.15, 0.2) is 85.2 Å². The normalized spacial score (nSPS) is 12.0. The fourth-order valence-electron chi connectivity index (χ4n) is 5.61. The molecule has 2 amide bonds. The summed E-state index contributed by atoms with van der Waals surface area (Å²) in [7, 11) is 6.30. The SMILES string of the molecule is COc1cc2nccc(Oc3ccc(N)cc3Cl)c2cc1OC.COc1cc2nccc(Oc3ccc(NC(=O)Nc4nnc(C5CC5)s4)cc3Cl)c2cc1OC. The minimum Gasteiger partial charge on any atom is -0.493 e.